The summed E-state index contributed by atoms with van der Waals surface area (Å²) in [5.74, 6) is -0.0833. The Morgan fingerprint density at radius 1 is 1.29 bits per heavy atom. The first kappa shape index (κ1) is 16.5. The molecule has 0 aliphatic rings. The van der Waals surface area contributed by atoms with Gasteiger partial charge in [0.25, 0.3) is 10.0 Å². The molecule has 0 aliphatic heterocycles. The fourth-order valence-electron chi connectivity index (χ4n) is 1.57. The lowest BCUT2D eigenvalue weighted by Crippen LogP contribution is -2.16. The normalized spacial score (nSPS) is 11.4. The number of hydrogen-bond donors (Lipinski definition) is 2. The van der Waals surface area contributed by atoms with Crippen molar-refractivity contribution >= 4 is 65.0 Å². The molecular formula is C12H10Br2ClN3O2S. The molecule has 0 spiro atoms. The first-order valence-electron chi connectivity index (χ1n) is 5.60. The summed E-state index contributed by atoms with van der Waals surface area (Å²) in [4.78, 5) is 3.70. The molecule has 0 fully saturated rings. The van der Waals surface area contributed by atoms with Gasteiger partial charge in [-0.05, 0) is 62.5 Å². The molecule has 112 valence electrons. The number of halogens is 3. The lowest BCUT2D eigenvalue weighted by Gasteiger charge is -2.12. The predicted molar refractivity (Wildman–Crippen MR) is 91.0 cm³/mol. The molecule has 1 aromatic carbocycles. The van der Waals surface area contributed by atoms with E-state index in [2.05, 4.69) is 41.6 Å². The van der Waals surface area contributed by atoms with E-state index in [1.165, 1.54) is 18.3 Å². The Morgan fingerprint density at radius 2 is 1.95 bits per heavy atom. The van der Waals surface area contributed by atoms with Gasteiger partial charge in [0.05, 0.1) is 5.69 Å². The number of hydrogen-bond acceptors (Lipinski definition) is 4. The van der Waals surface area contributed by atoms with Crippen LogP contribution in [0.3, 0.4) is 0 Å². The molecule has 3 N–H and O–H groups in total. The van der Waals surface area contributed by atoms with Crippen LogP contribution in [0.4, 0.5) is 11.5 Å². The molecule has 0 saturated carbocycles. The standard InChI is InChI=1S/C12H10Br2ClN3O2S/c1-6-2-8(14)10(4-9(6)15)18-21(19,20)11-3-7(13)5-17-12(11)16/h2-5,18H,1H3,(H2,16,17). The van der Waals surface area contributed by atoms with Gasteiger partial charge in [-0.15, -0.1) is 0 Å². The number of nitrogens with zero attached hydrogens (tertiary/aromatic N) is 1. The zero-order chi connectivity index (χ0) is 15.8. The fourth-order valence-corrected chi connectivity index (χ4v) is 4.08. The first-order valence-corrected chi connectivity index (χ1v) is 9.05. The van der Waals surface area contributed by atoms with Crippen LogP contribution >= 0.6 is 43.5 Å². The van der Waals surface area contributed by atoms with Crippen molar-refractivity contribution in [2.75, 3.05) is 10.5 Å². The van der Waals surface area contributed by atoms with Crippen molar-refractivity contribution in [1.29, 1.82) is 0 Å². The average Bonchev–Trinajstić information content (AvgIpc) is 2.38. The number of aryl methyl sites for hydroxylation is 1. The van der Waals surface area contributed by atoms with E-state index in [0.717, 1.165) is 5.56 Å². The van der Waals surface area contributed by atoms with Crippen LogP contribution < -0.4 is 10.5 Å². The zero-order valence-corrected chi connectivity index (χ0v) is 15.4. The molecule has 21 heavy (non-hydrogen) atoms. The maximum Gasteiger partial charge on any atom is 0.265 e. The van der Waals surface area contributed by atoms with Gasteiger partial charge in [0.2, 0.25) is 0 Å². The number of anilines is 2. The van der Waals surface area contributed by atoms with Gasteiger partial charge in [-0.3, -0.25) is 4.72 Å². The number of nitrogens with two attached hydrogens (primary N) is 1. The Morgan fingerprint density at radius 3 is 2.62 bits per heavy atom. The van der Waals surface area contributed by atoms with Crippen LogP contribution in [0.2, 0.25) is 5.02 Å². The minimum atomic E-state index is -3.87. The average molecular weight is 456 g/mol. The molecule has 2 aromatic rings. The maximum absolute atomic E-state index is 12.4. The molecule has 2 rings (SSSR count). The number of aromatic nitrogens is 1. The smallest absolute Gasteiger partial charge is 0.265 e. The second-order valence-corrected chi connectivity index (χ2v) is 8.05. The van der Waals surface area contributed by atoms with Gasteiger partial charge in [-0.1, -0.05) is 11.6 Å². The summed E-state index contributed by atoms with van der Waals surface area (Å²) < 4.78 is 28.3. The van der Waals surface area contributed by atoms with Gasteiger partial charge >= 0.3 is 0 Å². The van der Waals surface area contributed by atoms with Crippen molar-refractivity contribution in [3.05, 3.63) is 43.9 Å². The van der Waals surface area contributed by atoms with Crippen molar-refractivity contribution in [1.82, 2.24) is 4.98 Å². The van der Waals surface area contributed by atoms with Crippen LogP contribution in [0.5, 0.6) is 0 Å². The summed E-state index contributed by atoms with van der Waals surface area (Å²) in [6.07, 6.45) is 1.42. The predicted octanol–water partition coefficient (Wildman–Crippen LogP) is 3.95. The molecule has 0 amide bonds. The topological polar surface area (TPSA) is 85.1 Å². The third-order valence-electron chi connectivity index (χ3n) is 2.63. The number of pyridine rings is 1. The Labute approximate surface area is 144 Å². The van der Waals surface area contributed by atoms with Gasteiger partial charge in [0, 0.05) is 20.2 Å². The van der Waals surface area contributed by atoms with Gasteiger partial charge < -0.3 is 5.73 Å². The Kier molecular flexibility index (Phi) is 4.82. The van der Waals surface area contributed by atoms with Crippen molar-refractivity contribution in [3.63, 3.8) is 0 Å². The minimum Gasteiger partial charge on any atom is -0.383 e. The van der Waals surface area contributed by atoms with Gasteiger partial charge in [-0.25, -0.2) is 13.4 Å². The van der Waals surface area contributed by atoms with Gasteiger partial charge in [0.1, 0.15) is 10.7 Å². The monoisotopic (exact) mass is 453 g/mol. The second kappa shape index (κ2) is 6.12. The van der Waals surface area contributed by atoms with Crippen LogP contribution in [-0.4, -0.2) is 13.4 Å². The number of sulfonamides is 1. The van der Waals surface area contributed by atoms with E-state index in [1.54, 1.807) is 6.07 Å². The number of rotatable bonds is 3. The summed E-state index contributed by atoms with van der Waals surface area (Å²) in [5, 5.41) is 0.455. The quantitative estimate of drug-likeness (QED) is 0.734. The second-order valence-electron chi connectivity index (χ2n) is 4.22. The summed E-state index contributed by atoms with van der Waals surface area (Å²) in [7, 11) is -3.87. The molecule has 0 bridgehead atoms. The van der Waals surface area contributed by atoms with E-state index < -0.39 is 10.0 Å². The van der Waals surface area contributed by atoms with Crippen LogP contribution in [0.25, 0.3) is 0 Å². The van der Waals surface area contributed by atoms with Crippen molar-refractivity contribution in [2.24, 2.45) is 0 Å². The number of nitrogen functional groups attached to an aromatic ring is 1. The lowest BCUT2D eigenvalue weighted by atomic mass is 10.2. The fraction of sp³-hybridized carbons (Fsp3) is 0.0833. The van der Waals surface area contributed by atoms with E-state index in [9.17, 15) is 8.42 Å². The van der Waals surface area contributed by atoms with E-state index in [1.807, 2.05) is 6.92 Å². The highest BCUT2D eigenvalue weighted by Gasteiger charge is 2.20. The molecule has 0 atom stereocenters. The lowest BCUT2D eigenvalue weighted by molar-refractivity contribution is 0.601. The van der Waals surface area contributed by atoms with Crippen LogP contribution in [-0.2, 0) is 10.0 Å². The molecule has 5 nitrogen and oxygen atoms in total. The molecule has 0 saturated heterocycles. The van der Waals surface area contributed by atoms with Crippen molar-refractivity contribution in [2.45, 2.75) is 11.8 Å². The highest BCUT2D eigenvalue weighted by atomic mass is 79.9. The van der Waals surface area contributed by atoms with E-state index >= 15 is 0 Å². The van der Waals surface area contributed by atoms with E-state index in [4.69, 9.17) is 17.3 Å². The van der Waals surface area contributed by atoms with Crippen molar-refractivity contribution < 1.29 is 8.42 Å². The largest absolute Gasteiger partial charge is 0.383 e. The summed E-state index contributed by atoms with van der Waals surface area (Å²) in [6, 6.07) is 4.64. The van der Waals surface area contributed by atoms with Crippen LogP contribution in [0.1, 0.15) is 5.56 Å². The molecule has 1 aromatic heterocycles. The maximum atomic E-state index is 12.4. The molecule has 0 aliphatic carbocycles. The van der Waals surface area contributed by atoms with Gasteiger partial charge in [-0.2, -0.15) is 0 Å². The molecule has 1 heterocycles. The Balaban J connectivity index is 2.47. The minimum absolute atomic E-state index is 0.0833. The van der Waals surface area contributed by atoms with Crippen LogP contribution in [0.15, 0.2) is 38.2 Å². The zero-order valence-electron chi connectivity index (χ0n) is 10.7. The van der Waals surface area contributed by atoms with E-state index in [0.29, 0.717) is 19.7 Å². The summed E-state index contributed by atoms with van der Waals surface area (Å²) in [5.41, 5.74) is 6.79. The Bertz CT molecular complexity index is 812. The highest BCUT2D eigenvalue weighted by Crippen LogP contribution is 2.31. The Hall–Kier alpha value is -0.830. The van der Waals surface area contributed by atoms with Gasteiger partial charge in [0.15, 0.2) is 0 Å². The number of benzene rings is 1. The van der Waals surface area contributed by atoms with Crippen LogP contribution in [0, 0.1) is 6.92 Å². The molecular weight excluding hydrogens is 445 g/mol. The SMILES string of the molecule is Cc1cc(Br)c(NS(=O)(=O)c2cc(Br)cnc2N)cc1Cl. The summed E-state index contributed by atoms with van der Waals surface area (Å²) in [6.45, 7) is 1.82. The van der Waals surface area contributed by atoms with E-state index in [-0.39, 0.29) is 10.7 Å². The third kappa shape index (κ3) is 3.68. The summed E-state index contributed by atoms with van der Waals surface area (Å²) >= 11 is 12.5. The van der Waals surface area contributed by atoms with Crippen molar-refractivity contribution in [3.8, 4) is 0 Å². The first-order chi connectivity index (χ1) is 9.70. The third-order valence-corrected chi connectivity index (χ3v) is 5.52. The molecule has 9 heteroatoms. The highest BCUT2D eigenvalue weighted by molar-refractivity contribution is 9.10. The molecule has 0 radical (unpaired) electrons. The number of nitrogens with one attached hydrogen (secondary N) is 1. The molecule has 0 unspecified atom stereocenters.